The van der Waals surface area contributed by atoms with Crippen LogP contribution in [0.3, 0.4) is 0 Å². The summed E-state index contributed by atoms with van der Waals surface area (Å²) in [5.41, 5.74) is 2.57. The first kappa shape index (κ1) is 22.3. The quantitative estimate of drug-likeness (QED) is 0.615. The second-order valence-electron chi connectivity index (χ2n) is 10.8. The fourth-order valence-corrected chi connectivity index (χ4v) is 6.53. The van der Waals surface area contributed by atoms with Crippen molar-refractivity contribution in [3.63, 3.8) is 0 Å². The fourth-order valence-electron chi connectivity index (χ4n) is 6.53. The van der Waals surface area contributed by atoms with Crippen molar-refractivity contribution in [3.05, 3.63) is 52.6 Å². The van der Waals surface area contributed by atoms with E-state index in [9.17, 15) is 9.59 Å². The summed E-state index contributed by atoms with van der Waals surface area (Å²) in [6.45, 7) is 1.70. The maximum absolute atomic E-state index is 12.9. The Kier molecular flexibility index (Phi) is 5.61. The molecule has 1 aliphatic heterocycles. The number of carbonyl (C=O) groups excluding carboxylic acids is 1. The normalized spacial score (nSPS) is 25.1. The molecule has 0 bridgehead atoms. The Morgan fingerprint density at radius 1 is 1.06 bits per heavy atom. The van der Waals surface area contributed by atoms with Crippen LogP contribution in [-0.2, 0) is 7.05 Å². The largest absolute Gasteiger partial charge is 0.351 e. The number of fused-ring (bicyclic) bond motifs is 1. The summed E-state index contributed by atoms with van der Waals surface area (Å²) in [5.74, 6) is 0.767. The first-order valence-electron chi connectivity index (χ1n) is 13.1. The molecular formula is C27H34N6O2. The molecule has 1 saturated heterocycles. The van der Waals surface area contributed by atoms with Crippen molar-refractivity contribution in [2.75, 3.05) is 18.4 Å². The number of imidazole rings is 1. The zero-order valence-corrected chi connectivity index (χ0v) is 20.4. The number of aromatic nitrogens is 4. The van der Waals surface area contributed by atoms with Crippen molar-refractivity contribution in [2.45, 2.75) is 69.9 Å². The van der Waals surface area contributed by atoms with Crippen molar-refractivity contribution in [1.29, 1.82) is 0 Å². The predicted octanol–water partition coefficient (Wildman–Crippen LogP) is 4.13. The van der Waals surface area contributed by atoms with Gasteiger partial charge in [0.15, 0.2) is 5.65 Å². The topological polar surface area (TPSA) is 85.0 Å². The monoisotopic (exact) mass is 474 g/mol. The Bertz CT molecular complexity index is 1280. The molecule has 8 nitrogen and oxygen atoms in total. The maximum atomic E-state index is 12.9. The van der Waals surface area contributed by atoms with Gasteiger partial charge in [-0.15, -0.1) is 0 Å². The summed E-state index contributed by atoms with van der Waals surface area (Å²) in [5, 5.41) is 3.56. The lowest BCUT2D eigenvalue weighted by molar-refractivity contribution is 0.0757. The lowest BCUT2D eigenvalue weighted by Crippen LogP contribution is -2.37. The molecule has 3 aromatic rings. The van der Waals surface area contributed by atoms with E-state index in [0.717, 1.165) is 74.8 Å². The van der Waals surface area contributed by atoms with Gasteiger partial charge in [-0.05, 0) is 62.5 Å². The number of anilines is 1. The van der Waals surface area contributed by atoms with Crippen molar-refractivity contribution in [2.24, 2.45) is 12.5 Å². The van der Waals surface area contributed by atoms with Gasteiger partial charge >= 0.3 is 5.69 Å². The highest BCUT2D eigenvalue weighted by Crippen LogP contribution is 2.44. The zero-order valence-electron chi connectivity index (χ0n) is 20.4. The minimum atomic E-state index is 0.00814. The van der Waals surface area contributed by atoms with Gasteiger partial charge in [0.1, 0.15) is 5.52 Å². The molecule has 1 aromatic carbocycles. The van der Waals surface area contributed by atoms with E-state index in [1.165, 1.54) is 12.8 Å². The van der Waals surface area contributed by atoms with Crippen LogP contribution in [-0.4, -0.2) is 49.0 Å². The predicted molar refractivity (Wildman–Crippen MR) is 136 cm³/mol. The second kappa shape index (κ2) is 8.81. The van der Waals surface area contributed by atoms with Crippen LogP contribution in [0.1, 0.15) is 74.2 Å². The molecule has 0 radical (unpaired) electrons. The number of amides is 1. The molecule has 2 aromatic heterocycles. The highest BCUT2D eigenvalue weighted by Gasteiger charge is 2.42. The van der Waals surface area contributed by atoms with E-state index in [2.05, 4.69) is 10.3 Å². The van der Waals surface area contributed by atoms with Gasteiger partial charge in [-0.2, -0.15) is 4.98 Å². The van der Waals surface area contributed by atoms with Crippen LogP contribution in [0.5, 0.6) is 0 Å². The minimum Gasteiger partial charge on any atom is -0.351 e. The van der Waals surface area contributed by atoms with Crippen molar-refractivity contribution in [1.82, 2.24) is 24.0 Å². The van der Waals surface area contributed by atoms with Crippen molar-refractivity contribution in [3.8, 4) is 0 Å². The molecular weight excluding hydrogens is 440 g/mol. The van der Waals surface area contributed by atoms with E-state index in [1.54, 1.807) is 17.8 Å². The van der Waals surface area contributed by atoms with Crippen LogP contribution in [0.2, 0.25) is 0 Å². The molecule has 0 atom stereocenters. The van der Waals surface area contributed by atoms with Crippen LogP contribution in [0, 0.1) is 5.41 Å². The number of carbonyl (C=O) groups is 1. The Labute approximate surface area is 205 Å². The van der Waals surface area contributed by atoms with Crippen LogP contribution in [0.15, 0.2) is 41.3 Å². The van der Waals surface area contributed by atoms with Crippen LogP contribution < -0.4 is 11.0 Å². The number of benzene rings is 1. The Balaban J connectivity index is 1.12. The first-order valence-corrected chi connectivity index (χ1v) is 13.1. The highest BCUT2D eigenvalue weighted by atomic mass is 16.2. The van der Waals surface area contributed by atoms with E-state index in [4.69, 9.17) is 4.98 Å². The summed E-state index contributed by atoms with van der Waals surface area (Å²) in [7, 11) is 1.81. The zero-order chi connectivity index (χ0) is 24.0. The summed E-state index contributed by atoms with van der Waals surface area (Å²) in [6.07, 6.45) is 11.6. The van der Waals surface area contributed by atoms with Gasteiger partial charge in [-0.3, -0.25) is 13.9 Å². The molecule has 0 unspecified atom stereocenters. The van der Waals surface area contributed by atoms with E-state index in [1.807, 2.05) is 39.8 Å². The molecule has 3 heterocycles. The van der Waals surface area contributed by atoms with Gasteiger partial charge in [0.05, 0.1) is 6.20 Å². The summed E-state index contributed by atoms with van der Waals surface area (Å²) in [4.78, 5) is 37.2. The van der Waals surface area contributed by atoms with Crippen LogP contribution in [0.25, 0.3) is 11.2 Å². The fraction of sp³-hybridized carbons (Fsp3) is 0.556. The molecule has 1 N–H and O–H groups in total. The van der Waals surface area contributed by atoms with Crippen LogP contribution in [0.4, 0.5) is 5.95 Å². The van der Waals surface area contributed by atoms with E-state index in [-0.39, 0.29) is 23.1 Å². The molecule has 3 aliphatic rings. The number of aryl methyl sites for hydroxylation is 1. The third-order valence-electron chi connectivity index (χ3n) is 8.65. The number of hydrogen-bond acceptors (Lipinski definition) is 5. The number of likely N-dealkylation sites (tertiary alicyclic amines) is 1. The minimum absolute atomic E-state index is 0.00814. The molecule has 1 spiro atoms. The van der Waals surface area contributed by atoms with Gasteiger partial charge < -0.3 is 10.2 Å². The number of nitrogens with one attached hydrogen (secondary N) is 1. The molecule has 8 heteroatoms. The number of hydrogen-bond donors (Lipinski definition) is 1. The molecule has 2 aliphatic carbocycles. The van der Waals surface area contributed by atoms with E-state index >= 15 is 0 Å². The Morgan fingerprint density at radius 3 is 2.54 bits per heavy atom. The SMILES string of the molecule is Cn1c(=O)n(C2CCCC2)c2nc(NC3CCC4(CC3)CCN(C(=O)c3ccccc3)C4)ncc21. The van der Waals surface area contributed by atoms with Gasteiger partial charge in [0.25, 0.3) is 5.91 Å². The van der Waals surface area contributed by atoms with E-state index in [0.29, 0.717) is 12.0 Å². The van der Waals surface area contributed by atoms with Gasteiger partial charge in [-0.25, -0.2) is 9.78 Å². The van der Waals surface area contributed by atoms with Gasteiger partial charge in [-0.1, -0.05) is 31.0 Å². The third kappa shape index (κ3) is 4.02. The lowest BCUT2D eigenvalue weighted by Gasteiger charge is -2.37. The van der Waals surface area contributed by atoms with Crippen molar-refractivity contribution >= 4 is 23.0 Å². The molecule has 184 valence electrons. The Morgan fingerprint density at radius 2 is 1.80 bits per heavy atom. The summed E-state index contributed by atoms with van der Waals surface area (Å²) >= 11 is 0. The third-order valence-corrected chi connectivity index (χ3v) is 8.65. The average Bonchev–Trinajstić information content (AvgIpc) is 3.61. The van der Waals surface area contributed by atoms with Crippen LogP contribution >= 0.6 is 0 Å². The Hall–Kier alpha value is -3.16. The summed E-state index contributed by atoms with van der Waals surface area (Å²) < 4.78 is 3.56. The molecule has 1 amide bonds. The van der Waals surface area contributed by atoms with Gasteiger partial charge in [0.2, 0.25) is 5.95 Å². The second-order valence-corrected chi connectivity index (χ2v) is 10.8. The molecule has 35 heavy (non-hydrogen) atoms. The number of rotatable bonds is 4. The average molecular weight is 475 g/mol. The molecule has 2 saturated carbocycles. The summed E-state index contributed by atoms with van der Waals surface area (Å²) in [6, 6.07) is 10.2. The maximum Gasteiger partial charge on any atom is 0.330 e. The van der Waals surface area contributed by atoms with E-state index < -0.39 is 0 Å². The molecule has 6 rings (SSSR count). The smallest absolute Gasteiger partial charge is 0.330 e. The number of nitrogens with zero attached hydrogens (tertiary/aromatic N) is 5. The standard InChI is InChI=1S/C27H34N6O2/c1-31-22-17-28-25(30-23(22)33(26(31)35)21-9-5-6-10-21)29-20-11-13-27(14-12-20)15-16-32(18-27)24(34)19-7-3-2-4-8-19/h2-4,7-8,17,20-21H,5-6,9-16,18H2,1H3,(H,28,29,30). The lowest BCUT2D eigenvalue weighted by atomic mass is 9.72. The van der Waals surface area contributed by atoms with Crippen molar-refractivity contribution < 1.29 is 4.79 Å². The highest BCUT2D eigenvalue weighted by molar-refractivity contribution is 5.94. The molecule has 3 fully saturated rings. The first-order chi connectivity index (χ1) is 17.0. The van der Waals surface area contributed by atoms with Gasteiger partial charge in [0, 0.05) is 37.8 Å².